The van der Waals surface area contributed by atoms with E-state index in [0.717, 1.165) is 0 Å². The first-order valence-corrected chi connectivity index (χ1v) is 41.3. The van der Waals surface area contributed by atoms with Crippen LogP contribution in [-0.4, -0.2) is 275 Å². The number of alkyl carbamates (subject to hydrolysis) is 2. The van der Waals surface area contributed by atoms with E-state index in [1.165, 1.54) is 61.5 Å². The average Bonchev–Trinajstić information content (AvgIpc) is 1.05. The third-order valence-electron chi connectivity index (χ3n) is 27.0. The molecule has 5 saturated heterocycles. The highest BCUT2D eigenvalue weighted by molar-refractivity contribution is 5.90. The summed E-state index contributed by atoms with van der Waals surface area (Å²) in [4.78, 5) is 124. The number of fused-ring (bicyclic) bond motifs is 16. The van der Waals surface area contributed by atoms with Crippen LogP contribution in [0.2, 0.25) is 0 Å². The molecule has 24 atom stereocenters. The number of hydrogen-bond acceptors (Lipinski definition) is 28. The Labute approximate surface area is 705 Å². The van der Waals surface area contributed by atoms with Crippen molar-refractivity contribution in [1.82, 2.24) is 20.4 Å². The van der Waals surface area contributed by atoms with E-state index >= 15 is 0 Å². The minimum Gasteiger partial charge on any atom is -0.456 e. The van der Waals surface area contributed by atoms with E-state index in [1.807, 2.05) is 29.4 Å². The number of likely N-dealkylation sites (tertiary alicyclic amines) is 1. The van der Waals surface area contributed by atoms with Gasteiger partial charge in [0.05, 0.1) is 54.3 Å². The van der Waals surface area contributed by atoms with Crippen LogP contribution in [0.1, 0.15) is 170 Å². The second-order valence-corrected chi connectivity index (χ2v) is 38.0. The van der Waals surface area contributed by atoms with E-state index in [2.05, 4.69) is 6.58 Å². The average molecular weight is 1730 g/mol. The lowest BCUT2D eigenvalue weighted by molar-refractivity contribution is -0.345. The van der Waals surface area contributed by atoms with Crippen LogP contribution >= 0.6 is 0 Å². The lowest BCUT2D eigenvalue weighted by Crippen LogP contribution is -2.79. The summed E-state index contributed by atoms with van der Waals surface area (Å²) in [5.41, 5.74) is -12.5. The van der Waals surface area contributed by atoms with Gasteiger partial charge in [0.15, 0.2) is 36.0 Å². The number of carbonyl (C=O) groups is 9. The van der Waals surface area contributed by atoms with Crippen LogP contribution in [-0.2, 0) is 90.3 Å². The largest absolute Gasteiger partial charge is 0.456 e. The fourth-order valence-corrected chi connectivity index (χ4v) is 21.1. The van der Waals surface area contributed by atoms with Gasteiger partial charge in [-0.25, -0.2) is 46.3 Å². The first-order valence-electron chi connectivity index (χ1n) is 41.3. The van der Waals surface area contributed by atoms with Gasteiger partial charge < -0.3 is 102 Å². The molecule has 5 aliphatic heterocycles. The molecule has 0 aromatic heterocycles. The Morgan fingerprint density at radius 2 is 0.975 bits per heavy atom. The highest BCUT2D eigenvalue weighted by Gasteiger charge is 2.80. The van der Waals surface area contributed by atoms with E-state index in [4.69, 9.17) is 66.3 Å². The maximum absolute atomic E-state index is 14.5. The topological polar surface area (TPSA) is 394 Å². The zero-order valence-electron chi connectivity index (χ0n) is 72.0. The summed E-state index contributed by atoms with van der Waals surface area (Å²) in [5.74, 6) is -8.28. The monoisotopic (exact) mass is 1720 g/mol. The molecular formula is C87H116F4N4O27. The lowest BCUT2D eigenvalue weighted by atomic mass is 9.45. The van der Waals surface area contributed by atoms with E-state index < -0.39 is 239 Å². The number of ether oxygens (including phenoxy) is 14. The second-order valence-electron chi connectivity index (χ2n) is 38.0. The Morgan fingerprint density at radius 1 is 0.590 bits per heavy atom. The normalized spacial score (nSPS) is 35.7. The second kappa shape index (κ2) is 33.9. The van der Waals surface area contributed by atoms with E-state index in [-0.39, 0.29) is 42.7 Å². The number of aliphatic hydroxyl groups excluding tert-OH is 2. The van der Waals surface area contributed by atoms with Crippen molar-refractivity contribution in [2.75, 3.05) is 46.9 Å². The quantitative estimate of drug-likeness (QED) is 0.0317. The summed E-state index contributed by atoms with van der Waals surface area (Å²) < 4.78 is 144. The number of alkyl halides is 4. The van der Waals surface area contributed by atoms with Gasteiger partial charge in [0.1, 0.15) is 83.3 Å². The summed E-state index contributed by atoms with van der Waals surface area (Å²) in [5, 5.41) is 53.2. The van der Waals surface area contributed by atoms with Crippen LogP contribution in [0.5, 0.6) is 0 Å². The van der Waals surface area contributed by atoms with Crippen molar-refractivity contribution in [2.45, 2.75) is 294 Å². The minimum atomic E-state index is -3.45. The third-order valence-corrected chi connectivity index (χ3v) is 27.0. The van der Waals surface area contributed by atoms with Gasteiger partial charge >= 0.3 is 48.0 Å². The fourth-order valence-electron chi connectivity index (χ4n) is 21.1. The number of rotatable bonds is 20. The van der Waals surface area contributed by atoms with Crippen molar-refractivity contribution < 1.29 is 147 Å². The van der Waals surface area contributed by atoms with Crippen LogP contribution in [0.4, 0.5) is 27.2 Å². The van der Waals surface area contributed by atoms with Crippen molar-refractivity contribution in [2.24, 2.45) is 39.4 Å². The molecular weight excluding hydrogens is 1610 g/mol. The number of aliphatic hydroxyl groups is 4. The van der Waals surface area contributed by atoms with E-state index in [1.54, 1.807) is 121 Å². The van der Waals surface area contributed by atoms with Gasteiger partial charge in [-0.3, -0.25) is 19.3 Å². The van der Waals surface area contributed by atoms with Gasteiger partial charge in [-0.15, -0.1) is 0 Å². The summed E-state index contributed by atoms with van der Waals surface area (Å²) in [6.45, 7) is 30.4. The Balaban J connectivity index is 0.000000225. The van der Waals surface area contributed by atoms with Gasteiger partial charge in [0.25, 0.3) is 12.9 Å². The Bertz CT molecular complexity index is 4400. The summed E-state index contributed by atoms with van der Waals surface area (Å²) >= 11 is 0. The SMILES string of the molecule is C=C[C@@H]1O[C@@H]2C3=C(C)[C@@H](OC(=O)[C@H](O)[C@@H](NC(=O)OC(C)(C)C)C(F)F)C[C@@](O)([C@@H](OC(=O)c4ccccc4)[C@H]4[C@@](C)(CC[C@H]5OC[C@]54OC(C)=O)[C@@H]2O1)C3(C)C.CC(=O)O[C@@]12CO[C@@H]1CC[C@@]1(C)[C@@H]3O[C@H](CN4CC(C(=O)N(C)C)C4)O[C@@H]3C3=C(C)[C@@H](OC(=O)[C@H](O)[C@@H](NC(=O)OC(C)(C)C)C(F)F)C[C@@](O)([C@@H](OC(=O)c4ccccc4)[C@@H]12)C3(C)C. The molecule has 35 heteroatoms. The van der Waals surface area contributed by atoms with Gasteiger partial charge in [-0.1, -0.05) is 84.5 Å². The molecule has 0 radical (unpaired) electrons. The minimum absolute atomic E-state index is 0.00642. The molecule has 2 aromatic rings. The first-order chi connectivity index (χ1) is 56.7. The number of halogens is 4. The molecule has 5 heterocycles. The zero-order chi connectivity index (χ0) is 89.8. The van der Waals surface area contributed by atoms with Crippen molar-refractivity contribution in [3.63, 3.8) is 0 Å². The molecule has 11 aliphatic rings. The van der Waals surface area contributed by atoms with Crippen LogP contribution in [0.15, 0.2) is 95.6 Å². The van der Waals surface area contributed by atoms with Crippen molar-refractivity contribution in [3.05, 3.63) is 107 Å². The molecule has 0 unspecified atom stereocenters. The summed E-state index contributed by atoms with van der Waals surface area (Å²) in [7, 11) is 3.40. The van der Waals surface area contributed by atoms with Crippen LogP contribution in [0.3, 0.4) is 0 Å². The lowest BCUT2D eigenvalue weighted by Gasteiger charge is -2.68. The van der Waals surface area contributed by atoms with Gasteiger partial charge in [-0.05, 0) is 134 Å². The number of carbonyl (C=O) groups excluding carboxylic acids is 9. The molecule has 9 fully saturated rings. The molecule has 674 valence electrons. The highest BCUT2D eigenvalue weighted by Crippen LogP contribution is 2.69. The maximum atomic E-state index is 14.5. The molecule has 4 bridgehead atoms. The van der Waals surface area contributed by atoms with Gasteiger partial charge in [0.2, 0.25) is 5.91 Å². The van der Waals surface area contributed by atoms with Gasteiger partial charge in [-0.2, -0.15) is 0 Å². The van der Waals surface area contributed by atoms with Crippen LogP contribution < -0.4 is 10.6 Å². The molecule has 3 amide bonds. The molecule has 6 aliphatic carbocycles. The highest BCUT2D eigenvalue weighted by atomic mass is 19.3. The molecule has 2 aromatic carbocycles. The third kappa shape index (κ3) is 16.8. The molecule has 13 rings (SSSR count). The number of nitrogens with one attached hydrogen (secondary N) is 2. The van der Waals surface area contributed by atoms with E-state index in [9.17, 15) is 81.1 Å². The Hall–Kier alpha value is -8.23. The predicted octanol–water partition coefficient (Wildman–Crippen LogP) is 7.93. The number of amides is 3. The number of nitrogens with zero attached hydrogens (tertiary/aromatic N) is 2. The van der Waals surface area contributed by atoms with E-state index in [0.29, 0.717) is 61.1 Å². The number of benzene rings is 2. The summed E-state index contributed by atoms with van der Waals surface area (Å²) in [6.07, 6.45) is -25.4. The first kappa shape index (κ1) is 92.9. The smallest absolute Gasteiger partial charge is 0.408 e. The molecule has 6 N–H and O–H groups in total. The Kier molecular flexibility index (Phi) is 25.8. The standard InChI is InChI=1S/C46H63F2N3O14.C41H53F2NO13/c1-23-27(60-40(56)32(53)31(37(47)48)49-41(57)65-42(3,4)5)18-46(58)36(63-39(55)25-14-12-11-13-15-25)34-44(8,17-16-28-45(34,22-59-28)64-24(2)52)35-33(30(23)43(46,6)7)61-29(62-35)21-51-19-26(20-51)38(54)50(9)10;1-10-25-53-29-26-20(2)23(52-35(48)28(46)27(33(42)43)44-36(49)57-37(4,5)6)18-41(50,38(26,7)8)32(55-34(47)22-14-12-11-13-15-22)30-39(9,31(29)54-25)17-16-24-40(30,19-51-24)56-21(3)45/h11-15,26-29,31-37,53,58H,16-22H2,1-10H3,(H,49,57);10-15,23-25,27-33,46,50H,1,16-19H2,2-9H3,(H,44,49)/t27-,28+,29+,31+,32+,33+,34-,35+,36-,44+,45-,46+;23-,24+,25+,27+,28+,29+,30-,31+,32-,39+,40-,41+/m00/s1. The van der Waals surface area contributed by atoms with Crippen molar-refractivity contribution in [1.29, 1.82) is 0 Å². The maximum Gasteiger partial charge on any atom is 0.408 e. The van der Waals surface area contributed by atoms with Crippen molar-refractivity contribution in [3.8, 4) is 0 Å². The predicted molar refractivity (Wildman–Crippen MR) is 420 cm³/mol. The zero-order valence-corrected chi connectivity index (χ0v) is 72.0. The molecule has 0 spiro atoms. The van der Waals surface area contributed by atoms with Crippen LogP contribution in [0.25, 0.3) is 0 Å². The van der Waals surface area contributed by atoms with Gasteiger partial charge in [0, 0.05) is 82.1 Å². The Morgan fingerprint density at radius 3 is 1.32 bits per heavy atom. The van der Waals surface area contributed by atoms with Crippen LogP contribution in [0, 0.1) is 39.4 Å². The molecule has 4 saturated carbocycles. The summed E-state index contributed by atoms with van der Waals surface area (Å²) in [6, 6.07) is 11.3. The van der Waals surface area contributed by atoms with Crippen molar-refractivity contribution >= 4 is 53.9 Å². The molecule has 122 heavy (non-hydrogen) atoms. The number of esters is 6. The number of hydrogen-bond donors (Lipinski definition) is 6. The fraction of sp³-hybridized carbons (Fsp3) is 0.690. The molecule has 31 nitrogen and oxygen atoms in total.